The molecule has 3 aromatic heterocycles. The quantitative estimate of drug-likeness (QED) is 0.398. The fourth-order valence-electron chi connectivity index (χ4n) is 5.11. The number of nitrogens with one attached hydrogen (secondary N) is 1. The maximum atomic E-state index is 12.9. The monoisotopic (exact) mass is 405 g/mol. The highest BCUT2D eigenvalue weighted by atomic mass is 16.6. The van der Waals surface area contributed by atoms with Crippen LogP contribution in [0.2, 0.25) is 0 Å². The predicted molar refractivity (Wildman–Crippen MR) is 112 cm³/mol. The summed E-state index contributed by atoms with van der Waals surface area (Å²) in [6.07, 6.45) is 1.43. The molecule has 1 N–H and O–H groups in total. The summed E-state index contributed by atoms with van der Waals surface area (Å²) in [6, 6.07) is 7.36. The minimum Gasteiger partial charge on any atom is -0.340 e. The molecule has 6 rings (SSSR count). The van der Waals surface area contributed by atoms with Gasteiger partial charge in [-0.15, -0.1) is 0 Å². The molecule has 10 heteroatoms. The zero-order valence-electron chi connectivity index (χ0n) is 16.3. The van der Waals surface area contributed by atoms with Crippen LogP contribution in [-0.2, 0) is 0 Å². The smallest absolute Gasteiger partial charge is 0.340 e. The number of hydrogen-bond acceptors (Lipinski definition) is 7. The molecular weight excluding hydrogens is 386 g/mol. The van der Waals surface area contributed by atoms with E-state index in [0.717, 1.165) is 31.7 Å². The molecule has 0 aliphatic carbocycles. The van der Waals surface area contributed by atoms with Crippen molar-refractivity contribution < 1.29 is 4.92 Å². The van der Waals surface area contributed by atoms with Gasteiger partial charge in [0.05, 0.1) is 21.3 Å². The van der Waals surface area contributed by atoms with Crippen LogP contribution in [0.15, 0.2) is 35.3 Å². The number of hydrogen-bond donors (Lipinski definition) is 1. The second-order valence-electron chi connectivity index (χ2n) is 8.31. The van der Waals surface area contributed by atoms with Gasteiger partial charge in [-0.2, -0.15) is 4.98 Å². The molecule has 0 bridgehead atoms. The minimum atomic E-state index is -0.673. The summed E-state index contributed by atoms with van der Waals surface area (Å²) in [7, 11) is 2.14. The van der Waals surface area contributed by atoms with Gasteiger partial charge in [-0.25, -0.2) is 4.98 Å². The van der Waals surface area contributed by atoms with E-state index in [1.54, 1.807) is 4.40 Å². The molecule has 0 radical (unpaired) electrons. The van der Waals surface area contributed by atoms with Crippen molar-refractivity contribution in [1.82, 2.24) is 24.3 Å². The van der Waals surface area contributed by atoms with E-state index in [1.165, 1.54) is 6.20 Å². The van der Waals surface area contributed by atoms with Crippen molar-refractivity contribution in [3.8, 4) is 0 Å². The number of fused-ring (bicyclic) bond motifs is 6. The molecule has 10 nitrogen and oxygen atoms in total. The highest BCUT2D eigenvalue weighted by molar-refractivity contribution is 5.92. The third-order valence-electron chi connectivity index (χ3n) is 6.41. The van der Waals surface area contributed by atoms with Gasteiger partial charge in [0, 0.05) is 32.4 Å². The number of rotatable bonds is 2. The number of likely N-dealkylation sites (tertiary alicyclic amines) is 1. The van der Waals surface area contributed by atoms with Gasteiger partial charge in [-0.05, 0) is 31.0 Å². The Bertz CT molecular complexity index is 1390. The number of aromatic nitrogens is 4. The lowest BCUT2D eigenvalue weighted by Gasteiger charge is -2.19. The molecular formula is C20H19N7O3. The number of anilines is 1. The normalized spacial score (nSPS) is 21.8. The van der Waals surface area contributed by atoms with Crippen LogP contribution in [0.3, 0.4) is 0 Å². The van der Waals surface area contributed by atoms with Crippen LogP contribution in [0.25, 0.3) is 27.7 Å². The van der Waals surface area contributed by atoms with Crippen molar-refractivity contribution in [2.45, 2.75) is 0 Å². The lowest BCUT2D eigenvalue weighted by Crippen LogP contribution is -2.28. The molecule has 2 saturated heterocycles. The minimum absolute atomic E-state index is 0.142. The second-order valence-corrected chi connectivity index (χ2v) is 8.31. The van der Waals surface area contributed by atoms with Crippen molar-refractivity contribution in [3.05, 3.63) is 50.8 Å². The van der Waals surface area contributed by atoms with Gasteiger partial charge in [-0.1, -0.05) is 12.1 Å². The van der Waals surface area contributed by atoms with E-state index >= 15 is 0 Å². The summed E-state index contributed by atoms with van der Waals surface area (Å²) in [5.41, 5.74) is 0.791. The molecule has 2 aliphatic heterocycles. The van der Waals surface area contributed by atoms with Crippen molar-refractivity contribution in [3.63, 3.8) is 0 Å². The third kappa shape index (κ3) is 2.31. The van der Waals surface area contributed by atoms with Crippen LogP contribution < -0.4 is 10.3 Å². The Kier molecular flexibility index (Phi) is 3.46. The Labute approximate surface area is 169 Å². The van der Waals surface area contributed by atoms with Crippen molar-refractivity contribution in [2.24, 2.45) is 11.8 Å². The lowest BCUT2D eigenvalue weighted by molar-refractivity contribution is -0.384. The highest BCUT2D eigenvalue weighted by Crippen LogP contribution is 2.33. The molecule has 1 aromatic carbocycles. The number of aromatic amines is 1. The fraction of sp³-hybridized carbons (Fsp3) is 0.350. The summed E-state index contributed by atoms with van der Waals surface area (Å²) in [5, 5.41) is 11.8. The average Bonchev–Trinajstić information content (AvgIpc) is 3.38. The molecule has 0 saturated carbocycles. The number of imidazole rings is 1. The lowest BCUT2D eigenvalue weighted by atomic mass is 10.0. The summed E-state index contributed by atoms with van der Waals surface area (Å²) in [6.45, 7) is 3.87. The van der Waals surface area contributed by atoms with Crippen LogP contribution in [0, 0.1) is 22.0 Å². The van der Waals surface area contributed by atoms with Crippen LogP contribution in [0.5, 0.6) is 0 Å². The average molecular weight is 405 g/mol. The first-order valence-electron chi connectivity index (χ1n) is 9.91. The van der Waals surface area contributed by atoms with Gasteiger partial charge in [-0.3, -0.25) is 19.3 Å². The molecule has 2 unspecified atom stereocenters. The SMILES string of the molecule is CN1CC2CN(c3ncc4c(=O)c([N+](=O)[O-])c5[nH]c6ccccc6n5c4n3)CC2C1. The molecule has 0 amide bonds. The van der Waals surface area contributed by atoms with Crippen molar-refractivity contribution in [1.29, 1.82) is 0 Å². The van der Waals surface area contributed by atoms with E-state index in [4.69, 9.17) is 4.98 Å². The topological polar surface area (TPSA) is 113 Å². The first-order chi connectivity index (χ1) is 14.5. The van der Waals surface area contributed by atoms with E-state index < -0.39 is 16.0 Å². The van der Waals surface area contributed by atoms with Gasteiger partial charge in [0.1, 0.15) is 0 Å². The standard InChI is InChI=1S/C20H19N7O3/c1-24-7-11-9-25(10-12(11)8-24)20-21-6-13-17(28)16(27(29)30)19-22-14-4-2-3-5-15(14)26(19)18(13)23-20/h2-6,11-12,22H,7-10H2,1H3. The Hall–Kier alpha value is -3.53. The van der Waals surface area contributed by atoms with Crippen LogP contribution in [0.1, 0.15) is 0 Å². The van der Waals surface area contributed by atoms with E-state index in [9.17, 15) is 14.9 Å². The molecule has 4 aromatic rings. The Morgan fingerprint density at radius 1 is 1.17 bits per heavy atom. The molecule has 2 atom stereocenters. The van der Waals surface area contributed by atoms with Crippen LogP contribution >= 0.6 is 0 Å². The number of para-hydroxylation sites is 2. The Morgan fingerprint density at radius 3 is 2.63 bits per heavy atom. The zero-order valence-corrected chi connectivity index (χ0v) is 16.3. The van der Waals surface area contributed by atoms with Crippen molar-refractivity contribution in [2.75, 3.05) is 38.1 Å². The largest absolute Gasteiger partial charge is 0.357 e. The molecule has 2 fully saturated rings. The van der Waals surface area contributed by atoms with Crippen molar-refractivity contribution >= 4 is 39.3 Å². The Morgan fingerprint density at radius 2 is 1.90 bits per heavy atom. The van der Waals surface area contributed by atoms with Gasteiger partial charge in [0.15, 0.2) is 5.65 Å². The number of nitrogens with zero attached hydrogens (tertiary/aromatic N) is 6. The molecule has 152 valence electrons. The molecule has 2 aliphatic rings. The number of pyridine rings is 1. The second kappa shape index (κ2) is 5.99. The van der Waals surface area contributed by atoms with Gasteiger partial charge in [0.2, 0.25) is 11.6 Å². The van der Waals surface area contributed by atoms with Crippen LogP contribution in [0.4, 0.5) is 11.6 Å². The van der Waals surface area contributed by atoms with Gasteiger partial charge < -0.3 is 14.8 Å². The summed E-state index contributed by atoms with van der Waals surface area (Å²) < 4.78 is 1.67. The molecule has 0 spiro atoms. The fourth-order valence-corrected chi connectivity index (χ4v) is 5.11. The number of benzene rings is 1. The van der Waals surface area contributed by atoms with Gasteiger partial charge in [0.25, 0.3) is 5.43 Å². The van der Waals surface area contributed by atoms with E-state index in [1.807, 2.05) is 24.3 Å². The molecule has 30 heavy (non-hydrogen) atoms. The van der Waals surface area contributed by atoms with E-state index in [2.05, 4.69) is 26.8 Å². The maximum absolute atomic E-state index is 12.9. The summed E-state index contributed by atoms with van der Waals surface area (Å²) in [5.74, 6) is 1.73. The molecule has 5 heterocycles. The Balaban J connectivity index is 1.60. The first kappa shape index (κ1) is 17.3. The number of H-pyrrole nitrogens is 1. The van der Waals surface area contributed by atoms with Crippen LogP contribution in [-0.4, -0.2) is 62.4 Å². The maximum Gasteiger partial charge on any atom is 0.357 e. The highest BCUT2D eigenvalue weighted by Gasteiger charge is 2.39. The van der Waals surface area contributed by atoms with E-state index in [0.29, 0.717) is 28.9 Å². The third-order valence-corrected chi connectivity index (χ3v) is 6.41. The van der Waals surface area contributed by atoms with Gasteiger partial charge >= 0.3 is 5.69 Å². The number of nitro groups is 1. The zero-order chi connectivity index (χ0) is 20.6. The summed E-state index contributed by atoms with van der Waals surface area (Å²) in [4.78, 5) is 40.7. The van der Waals surface area contributed by atoms with E-state index in [-0.39, 0.29) is 11.0 Å². The predicted octanol–water partition coefficient (Wildman–Crippen LogP) is 1.63. The first-order valence-corrected chi connectivity index (χ1v) is 9.91. The summed E-state index contributed by atoms with van der Waals surface area (Å²) >= 11 is 0.